The van der Waals surface area contributed by atoms with Crippen molar-refractivity contribution in [2.45, 2.75) is 0 Å². The third-order valence-corrected chi connectivity index (χ3v) is 2.98. The Hall–Kier alpha value is -2.01. The number of nitrogens with zero attached hydrogens (tertiary/aromatic N) is 1. The number of rotatable bonds is 4. The Kier molecular flexibility index (Phi) is 4.41. The first-order valence-corrected chi connectivity index (χ1v) is 6.40. The second-order valence-electron chi connectivity index (χ2n) is 3.77. The van der Waals surface area contributed by atoms with Crippen LogP contribution < -0.4 is 10.2 Å². The van der Waals surface area contributed by atoms with Gasteiger partial charge in [0.1, 0.15) is 11.5 Å². The molecule has 5 heteroatoms. The lowest BCUT2D eigenvalue weighted by molar-refractivity contribution is 0.416. The Morgan fingerprint density at radius 1 is 1.26 bits per heavy atom. The van der Waals surface area contributed by atoms with E-state index in [0.717, 1.165) is 10.2 Å². The molecule has 0 amide bonds. The largest absolute Gasteiger partial charge is 0.507 e. The highest BCUT2D eigenvalue weighted by molar-refractivity contribution is 9.10. The molecule has 4 nitrogen and oxygen atoms in total. The van der Waals surface area contributed by atoms with Crippen LogP contribution >= 0.6 is 15.9 Å². The minimum Gasteiger partial charge on any atom is -0.507 e. The number of benzene rings is 2. The molecule has 0 fully saturated rings. The number of para-hydroxylation sites is 2. The molecule has 19 heavy (non-hydrogen) atoms. The number of ether oxygens (including phenoxy) is 1. The number of phenolic OH excluding ortho intramolecular Hbond substituents is 1. The molecule has 0 saturated carbocycles. The van der Waals surface area contributed by atoms with Crippen LogP contribution in [0, 0.1) is 0 Å². The molecule has 0 radical (unpaired) electrons. The Morgan fingerprint density at radius 3 is 2.84 bits per heavy atom. The van der Waals surface area contributed by atoms with Gasteiger partial charge >= 0.3 is 0 Å². The van der Waals surface area contributed by atoms with Gasteiger partial charge in [0.25, 0.3) is 0 Å². The van der Waals surface area contributed by atoms with E-state index in [1.54, 1.807) is 31.5 Å². The highest BCUT2D eigenvalue weighted by atomic mass is 79.9. The molecular formula is C14H13BrN2O2. The molecular weight excluding hydrogens is 308 g/mol. The van der Waals surface area contributed by atoms with Gasteiger partial charge in [-0.15, -0.1) is 0 Å². The molecule has 2 aromatic carbocycles. The van der Waals surface area contributed by atoms with Gasteiger partial charge in [-0.05, 0) is 30.3 Å². The van der Waals surface area contributed by atoms with E-state index in [9.17, 15) is 5.11 Å². The van der Waals surface area contributed by atoms with Crippen molar-refractivity contribution >= 4 is 27.8 Å². The molecule has 2 rings (SSSR count). The van der Waals surface area contributed by atoms with Crippen molar-refractivity contribution in [2.75, 3.05) is 12.5 Å². The zero-order valence-corrected chi connectivity index (χ0v) is 11.9. The maximum atomic E-state index is 9.67. The summed E-state index contributed by atoms with van der Waals surface area (Å²) < 4.78 is 6.08. The fourth-order valence-corrected chi connectivity index (χ4v) is 1.92. The van der Waals surface area contributed by atoms with E-state index in [1.807, 2.05) is 24.3 Å². The highest BCUT2D eigenvalue weighted by Gasteiger charge is 2.00. The first-order chi connectivity index (χ1) is 9.20. The van der Waals surface area contributed by atoms with Gasteiger partial charge in [-0.1, -0.05) is 28.1 Å². The summed E-state index contributed by atoms with van der Waals surface area (Å²) in [6.45, 7) is 0. The number of nitrogens with one attached hydrogen (secondary N) is 1. The normalized spacial score (nSPS) is 10.6. The highest BCUT2D eigenvalue weighted by Crippen LogP contribution is 2.23. The zero-order valence-electron chi connectivity index (χ0n) is 10.3. The summed E-state index contributed by atoms with van der Waals surface area (Å²) in [5.41, 5.74) is 4.26. The van der Waals surface area contributed by atoms with E-state index in [2.05, 4.69) is 26.5 Å². The lowest BCUT2D eigenvalue weighted by Crippen LogP contribution is -1.94. The molecule has 0 aromatic heterocycles. The van der Waals surface area contributed by atoms with Crippen molar-refractivity contribution in [3.63, 3.8) is 0 Å². The van der Waals surface area contributed by atoms with E-state index in [4.69, 9.17) is 4.74 Å². The van der Waals surface area contributed by atoms with Crippen LogP contribution in [0.15, 0.2) is 52.0 Å². The molecule has 0 unspecified atom stereocenters. The molecule has 0 aliphatic carbocycles. The molecule has 0 heterocycles. The third-order valence-electron chi connectivity index (χ3n) is 2.49. The number of aromatic hydroxyl groups is 1. The number of halogens is 1. The Morgan fingerprint density at radius 2 is 2.05 bits per heavy atom. The summed E-state index contributed by atoms with van der Waals surface area (Å²) in [6.07, 6.45) is 1.55. The Bertz CT molecular complexity index is 600. The number of hydrazone groups is 1. The van der Waals surface area contributed by atoms with Gasteiger partial charge in [0.05, 0.1) is 19.0 Å². The van der Waals surface area contributed by atoms with Gasteiger partial charge in [0, 0.05) is 10.0 Å². The zero-order chi connectivity index (χ0) is 13.7. The van der Waals surface area contributed by atoms with Gasteiger partial charge < -0.3 is 9.84 Å². The second kappa shape index (κ2) is 6.24. The van der Waals surface area contributed by atoms with Crippen molar-refractivity contribution in [3.05, 3.63) is 52.5 Å². The molecule has 0 atom stereocenters. The van der Waals surface area contributed by atoms with E-state index in [-0.39, 0.29) is 5.75 Å². The van der Waals surface area contributed by atoms with Crippen LogP contribution in [-0.4, -0.2) is 18.4 Å². The monoisotopic (exact) mass is 320 g/mol. The molecule has 2 N–H and O–H groups in total. The molecule has 0 aliphatic heterocycles. The summed E-state index contributed by atoms with van der Waals surface area (Å²) in [5.74, 6) is 0.881. The smallest absolute Gasteiger partial charge is 0.143 e. The summed E-state index contributed by atoms with van der Waals surface area (Å²) >= 11 is 3.34. The molecule has 0 saturated heterocycles. The molecule has 0 aliphatic rings. The lowest BCUT2D eigenvalue weighted by atomic mass is 10.2. The Labute approximate surface area is 119 Å². The van der Waals surface area contributed by atoms with Crippen LogP contribution in [0.5, 0.6) is 11.5 Å². The van der Waals surface area contributed by atoms with E-state index < -0.39 is 0 Å². The number of hydrogen-bond donors (Lipinski definition) is 2. The maximum Gasteiger partial charge on any atom is 0.143 e. The Balaban J connectivity index is 2.13. The predicted octanol–water partition coefficient (Wildman–Crippen LogP) is 3.61. The summed E-state index contributed by atoms with van der Waals surface area (Å²) in [4.78, 5) is 0. The number of phenols is 1. The molecule has 98 valence electrons. The summed E-state index contributed by atoms with van der Waals surface area (Å²) in [5, 5.41) is 13.8. The number of anilines is 1. The van der Waals surface area contributed by atoms with Crippen LogP contribution in [0.4, 0.5) is 5.69 Å². The number of hydrogen-bond acceptors (Lipinski definition) is 4. The summed E-state index contributed by atoms with van der Waals surface area (Å²) in [7, 11) is 1.60. The minimum atomic E-state index is 0.175. The quantitative estimate of drug-likeness (QED) is 0.668. The van der Waals surface area contributed by atoms with E-state index in [1.165, 1.54) is 0 Å². The van der Waals surface area contributed by atoms with Gasteiger partial charge in [-0.3, -0.25) is 5.43 Å². The first kappa shape index (κ1) is 13.4. The second-order valence-corrected chi connectivity index (χ2v) is 4.69. The third kappa shape index (κ3) is 3.48. The average molecular weight is 321 g/mol. The summed E-state index contributed by atoms with van der Waals surface area (Å²) in [6, 6.07) is 12.6. The van der Waals surface area contributed by atoms with Gasteiger partial charge in [0.2, 0.25) is 0 Å². The SMILES string of the molecule is COc1ccccc1NN=Cc1cc(Br)ccc1O. The first-order valence-electron chi connectivity index (χ1n) is 5.61. The van der Waals surface area contributed by atoms with Crippen LogP contribution in [0.25, 0.3) is 0 Å². The standard InChI is InChI=1S/C14H13BrN2O2/c1-19-14-5-3-2-4-12(14)17-16-9-10-8-11(15)6-7-13(10)18/h2-9,17-18H,1H3. The average Bonchev–Trinajstić information content (AvgIpc) is 2.43. The van der Waals surface area contributed by atoms with Crippen LogP contribution in [-0.2, 0) is 0 Å². The van der Waals surface area contributed by atoms with E-state index >= 15 is 0 Å². The van der Waals surface area contributed by atoms with Crippen LogP contribution in [0.3, 0.4) is 0 Å². The molecule has 0 bridgehead atoms. The topological polar surface area (TPSA) is 53.8 Å². The van der Waals surface area contributed by atoms with Crippen molar-refractivity contribution in [1.29, 1.82) is 0 Å². The van der Waals surface area contributed by atoms with Crippen molar-refractivity contribution in [1.82, 2.24) is 0 Å². The molecule has 0 spiro atoms. The van der Waals surface area contributed by atoms with Crippen molar-refractivity contribution in [3.8, 4) is 11.5 Å². The maximum absolute atomic E-state index is 9.67. The minimum absolute atomic E-state index is 0.175. The fourth-order valence-electron chi connectivity index (χ4n) is 1.54. The lowest BCUT2D eigenvalue weighted by Gasteiger charge is -2.06. The molecule has 2 aromatic rings. The van der Waals surface area contributed by atoms with Gasteiger partial charge in [-0.25, -0.2) is 0 Å². The van der Waals surface area contributed by atoms with Crippen LogP contribution in [0.1, 0.15) is 5.56 Å². The fraction of sp³-hybridized carbons (Fsp3) is 0.0714. The predicted molar refractivity (Wildman–Crippen MR) is 80.0 cm³/mol. The van der Waals surface area contributed by atoms with Crippen LogP contribution in [0.2, 0.25) is 0 Å². The van der Waals surface area contributed by atoms with Gasteiger partial charge in [0.15, 0.2) is 0 Å². The van der Waals surface area contributed by atoms with Crippen molar-refractivity contribution < 1.29 is 9.84 Å². The van der Waals surface area contributed by atoms with Gasteiger partial charge in [-0.2, -0.15) is 5.10 Å². The number of methoxy groups -OCH3 is 1. The van der Waals surface area contributed by atoms with Crippen molar-refractivity contribution in [2.24, 2.45) is 5.10 Å². The van der Waals surface area contributed by atoms with E-state index in [0.29, 0.717) is 11.3 Å².